The van der Waals surface area contributed by atoms with Crippen LogP contribution in [0.4, 0.5) is 0 Å². The van der Waals surface area contributed by atoms with Crippen LogP contribution in [0.2, 0.25) is 0 Å². The van der Waals surface area contributed by atoms with E-state index in [1.54, 1.807) is 37.3 Å². The molecule has 1 aliphatic rings. The zero-order valence-corrected chi connectivity index (χ0v) is 18.3. The second-order valence-electron chi connectivity index (χ2n) is 8.29. The standard InChI is InChI=1S/C25H31NO4/c1-17(2)15-18-5-7-19(8-6-18)24(27)20-11-13-26(14-12-20)25(28)22-10-9-21(29-3)16-23(22)30-4/h5-10,16-17,20H,11-15H2,1-4H3. The number of ketones is 1. The van der Waals surface area contributed by atoms with E-state index in [1.165, 1.54) is 5.56 Å². The molecule has 0 atom stereocenters. The first-order valence-corrected chi connectivity index (χ1v) is 10.6. The van der Waals surface area contributed by atoms with E-state index in [-0.39, 0.29) is 17.6 Å². The van der Waals surface area contributed by atoms with Crippen LogP contribution in [-0.2, 0) is 6.42 Å². The van der Waals surface area contributed by atoms with Crippen LogP contribution >= 0.6 is 0 Å². The van der Waals surface area contributed by atoms with E-state index < -0.39 is 0 Å². The number of carbonyl (C=O) groups is 2. The van der Waals surface area contributed by atoms with Crippen molar-refractivity contribution < 1.29 is 19.1 Å². The van der Waals surface area contributed by atoms with Crippen LogP contribution in [0.3, 0.4) is 0 Å². The lowest BCUT2D eigenvalue weighted by molar-refractivity contribution is 0.0647. The molecule has 1 amide bonds. The lowest BCUT2D eigenvalue weighted by Gasteiger charge is -2.31. The third-order valence-electron chi connectivity index (χ3n) is 5.67. The molecular weight excluding hydrogens is 378 g/mol. The summed E-state index contributed by atoms with van der Waals surface area (Å²) < 4.78 is 10.6. The van der Waals surface area contributed by atoms with E-state index >= 15 is 0 Å². The summed E-state index contributed by atoms with van der Waals surface area (Å²) in [6.45, 7) is 5.51. The van der Waals surface area contributed by atoms with Gasteiger partial charge in [-0.05, 0) is 42.9 Å². The summed E-state index contributed by atoms with van der Waals surface area (Å²) in [6.07, 6.45) is 2.37. The first kappa shape index (κ1) is 21.9. The molecule has 0 bridgehead atoms. The van der Waals surface area contributed by atoms with Crippen molar-refractivity contribution in [2.75, 3.05) is 27.3 Å². The number of benzene rings is 2. The van der Waals surface area contributed by atoms with Crippen LogP contribution in [0.25, 0.3) is 0 Å². The Morgan fingerprint density at radius 3 is 2.23 bits per heavy atom. The number of rotatable bonds is 7. The first-order chi connectivity index (χ1) is 14.4. The van der Waals surface area contributed by atoms with Crippen LogP contribution in [0.1, 0.15) is 53.0 Å². The van der Waals surface area contributed by atoms with Gasteiger partial charge in [0.1, 0.15) is 11.5 Å². The van der Waals surface area contributed by atoms with Crippen molar-refractivity contribution in [3.63, 3.8) is 0 Å². The van der Waals surface area contributed by atoms with E-state index in [1.807, 2.05) is 12.1 Å². The summed E-state index contributed by atoms with van der Waals surface area (Å²) in [4.78, 5) is 27.7. The number of likely N-dealkylation sites (tertiary alicyclic amines) is 1. The zero-order valence-electron chi connectivity index (χ0n) is 18.3. The number of methoxy groups -OCH3 is 2. The molecule has 2 aromatic carbocycles. The molecule has 0 aromatic heterocycles. The molecule has 1 aliphatic heterocycles. The maximum absolute atomic E-state index is 13.0. The average molecular weight is 410 g/mol. The fraction of sp³-hybridized carbons (Fsp3) is 0.440. The van der Waals surface area contributed by atoms with Crippen molar-refractivity contribution in [1.29, 1.82) is 0 Å². The SMILES string of the molecule is COc1ccc(C(=O)N2CCC(C(=O)c3ccc(CC(C)C)cc3)CC2)c(OC)c1. The number of hydrogen-bond acceptors (Lipinski definition) is 4. The van der Waals surface area contributed by atoms with Crippen LogP contribution in [0, 0.1) is 11.8 Å². The minimum absolute atomic E-state index is 0.0391. The Hall–Kier alpha value is -2.82. The van der Waals surface area contributed by atoms with Gasteiger partial charge in [-0.2, -0.15) is 0 Å². The molecule has 30 heavy (non-hydrogen) atoms. The molecule has 2 aromatic rings. The monoisotopic (exact) mass is 409 g/mol. The van der Waals surface area contributed by atoms with Gasteiger partial charge in [0.25, 0.3) is 5.91 Å². The van der Waals surface area contributed by atoms with Gasteiger partial charge < -0.3 is 14.4 Å². The normalized spacial score (nSPS) is 14.6. The second kappa shape index (κ2) is 9.79. The highest BCUT2D eigenvalue weighted by molar-refractivity contribution is 5.99. The quantitative estimate of drug-likeness (QED) is 0.625. The fourth-order valence-electron chi connectivity index (χ4n) is 4.00. The van der Waals surface area contributed by atoms with E-state index in [0.29, 0.717) is 48.9 Å². The fourth-order valence-corrected chi connectivity index (χ4v) is 4.00. The van der Waals surface area contributed by atoms with Gasteiger partial charge in [0.15, 0.2) is 5.78 Å². The van der Waals surface area contributed by atoms with E-state index in [9.17, 15) is 9.59 Å². The second-order valence-corrected chi connectivity index (χ2v) is 8.29. The van der Waals surface area contributed by atoms with Gasteiger partial charge in [-0.25, -0.2) is 0 Å². The van der Waals surface area contributed by atoms with Gasteiger partial charge >= 0.3 is 0 Å². The predicted octanol–water partition coefficient (Wildman–Crippen LogP) is 4.64. The Morgan fingerprint density at radius 2 is 1.67 bits per heavy atom. The Bertz CT molecular complexity index is 881. The third-order valence-corrected chi connectivity index (χ3v) is 5.67. The van der Waals surface area contributed by atoms with Crippen molar-refractivity contribution >= 4 is 11.7 Å². The Morgan fingerprint density at radius 1 is 1.00 bits per heavy atom. The van der Waals surface area contributed by atoms with E-state index in [2.05, 4.69) is 26.0 Å². The smallest absolute Gasteiger partial charge is 0.257 e. The Balaban J connectivity index is 1.61. The lowest BCUT2D eigenvalue weighted by atomic mass is 9.88. The van der Waals surface area contributed by atoms with Gasteiger partial charge in [0.05, 0.1) is 19.8 Å². The van der Waals surface area contributed by atoms with Crippen molar-refractivity contribution in [2.24, 2.45) is 11.8 Å². The third kappa shape index (κ3) is 5.02. The van der Waals surface area contributed by atoms with E-state index in [0.717, 1.165) is 12.0 Å². The van der Waals surface area contributed by atoms with Crippen molar-refractivity contribution in [3.05, 3.63) is 59.2 Å². The van der Waals surface area contributed by atoms with Gasteiger partial charge in [0.2, 0.25) is 0 Å². The summed E-state index contributed by atoms with van der Waals surface area (Å²) in [5.41, 5.74) is 2.54. The molecular formula is C25H31NO4. The summed E-state index contributed by atoms with van der Waals surface area (Å²) in [5.74, 6) is 1.81. The molecule has 0 unspecified atom stereocenters. The van der Waals surface area contributed by atoms with Crippen LogP contribution in [0.5, 0.6) is 11.5 Å². The highest BCUT2D eigenvalue weighted by Crippen LogP contribution is 2.28. The van der Waals surface area contributed by atoms with Gasteiger partial charge in [0, 0.05) is 30.6 Å². The largest absolute Gasteiger partial charge is 0.497 e. The summed E-state index contributed by atoms with van der Waals surface area (Å²) in [5, 5.41) is 0. The molecule has 3 rings (SSSR count). The lowest BCUT2D eigenvalue weighted by Crippen LogP contribution is -2.40. The Kier molecular flexibility index (Phi) is 7.14. The van der Waals surface area contributed by atoms with Crippen molar-refractivity contribution in [1.82, 2.24) is 4.90 Å². The van der Waals surface area contributed by atoms with Crippen LogP contribution in [-0.4, -0.2) is 43.9 Å². The molecule has 0 spiro atoms. The zero-order chi connectivity index (χ0) is 21.7. The topological polar surface area (TPSA) is 55.8 Å². The number of amides is 1. The molecule has 1 fully saturated rings. The molecule has 0 N–H and O–H groups in total. The number of carbonyl (C=O) groups excluding carboxylic acids is 2. The van der Waals surface area contributed by atoms with Crippen LogP contribution in [0.15, 0.2) is 42.5 Å². The summed E-state index contributed by atoms with van der Waals surface area (Å²) >= 11 is 0. The van der Waals surface area contributed by atoms with Gasteiger partial charge in [-0.3, -0.25) is 9.59 Å². The molecule has 1 heterocycles. The average Bonchev–Trinajstić information content (AvgIpc) is 2.78. The van der Waals surface area contributed by atoms with Crippen molar-refractivity contribution in [3.8, 4) is 11.5 Å². The predicted molar refractivity (Wildman–Crippen MR) is 117 cm³/mol. The minimum Gasteiger partial charge on any atom is -0.497 e. The minimum atomic E-state index is -0.0709. The maximum atomic E-state index is 13.0. The number of ether oxygens (including phenoxy) is 2. The summed E-state index contributed by atoms with van der Waals surface area (Å²) in [6, 6.07) is 13.2. The molecule has 5 heteroatoms. The molecule has 0 saturated carbocycles. The molecule has 0 radical (unpaired) electrons. The highest BCUT2D eigenvalue weighted by atomic mass is 16.5. The van der Waals surface area contributed by atoms with Crippen LogP contribution < -0.4 is 9.47 Å². The molecule has 0 aliphatic carbocycles. The maximum Gasteiger partial charge on any atom is 0.257 e. The van der Waals surface area contributed by atoms with Gasteiger partial charge in [-0.1, -0.05) is 38.1 Å². The van der Waals surface area contributed by atoms with Gasteiger partial charge in [-0.15, -0.1) is 0 Å². The number of hydrogen-bond donors (Lipinski definition) is 0. The number of Topliss-reactive ketones (excluding diaryl/α,β-unsaturated/α-hetero) is 1. The summed E-state index contributed by atoms with van der Waals surface area (Å²) in [7, 11) is 3.12. The first-order valence-electron chi connectivity index (χ1n) is 10.6. The molecule has 5 nitrogen and oxygen atoms in total. The highest BCUT2D eigenvalue weighted by Gasteiger charge is 2.29. The van der Waals surface area contributed by atoms with E-state index in [4.69, 9.17) is 9.47 Å². The number of piperidine rings is 1. The molecule has 160 valence electrons. The van der Waals surface area contributed by atoms with Crippen molar-refractivity contribution in [2.45, 2.75) is 33.1 Å². The Labute approximate surface area is 179 Å². The number of nitrogens with zero attached hydrogens (tertiary/aromatic N) is 1. The molecule has 1 saturated heterocycles.